The zero-order chi connectivity index (χ0) is 13.8. The Bertz CT molecular complexity index is 464. The maximum Gasteiger partial charge on any atom is 0.419 e. The van der Waals surface area contributed by atoms with E-state index in [2.05, 4.69) is 0 Å². The lowest BCUT2D eigenvalue weighted by Crippen LogP contribution is -2.10. The Morgan fingerprint density at radius 3 is 2.56 bits per heavy atom. The molecule has 0 spiro atoms. The van der Waals surface area contributed by atoms with Crippen LogP contribution in [0.5, 0.6) is 5.75 Å². The topological polar surface area (TPSA) is 46.5 Å². The standard InChI is InChI=1S/C12H11F3O3/c1-8(6-11(16)17)7-18-10-5-3-2-4-9(10)12(13,14)15/h2-6H,7H2,1H3,(H,16,17). The first-order valence-corrected chi connectivity index (χ1v) is 5.00. The van der Waals surface area contributed by atoms with Gasteiger partial charge in [-0.25, -0.2) is 4.79 Å². The fraction of sp³-hybridized carbons (Fsp3) is 0.250. The molecule has 0 unspecified atom stereocenters. The third kappa shape index (κ3) is 4.12. The van der Waals surface area contributed by atoms with E-state index in [4.69, 9.17) is 9.84 Å². The first-order valence-electron chi connectivity index (χ1n) is 5.00. The van der Waals surface area contributed by atoms with Crippen LogP contribution in [0, 0.1) is 0 Å². The monoisotopic (exact) mass is 260 g/mol. The van der Waals surface area contributed by atoms with Crippen LogP contribution < -0.4 is 4.74 Å². The molecule has 0 amide bonds. The molecule has 1 aromatic carbocycles. The number of carboxylic acid groups (broad SMARTS) is 1. The Morgan fingerprint density at radius 1 is 1.39 bits per heavy atom. The minimum atomic E-state index is -4.50. The highest BCUT2D eigenvalue weighted by Crippen LogP contribution is 2.35. The summed E-state index contributed by atoms with van der Waals surface area (Å²) in [5.74, 6) is -1.48. The summed E-state index contributed by atoms with van der Waals surface area (Å²) in [6.07, 6.45) is -3.61. The predicted octanol–water partition coefficient (Wildman–Crippen LogP) is 3.12. The van der Waals surface area contributed by atoms with Crippen molar-refractivity contribution in [3.05, 3.63) is 41.5 Å². The molecule has 0 aliphatic rings. The van der Waals surface area contributed by atoms with E-state index in [0.717, 1.165) is 12.1 Å². The quantitative estimate of drug-likeness (QED) is 0.846. The highest BCUT2D eigenvalue weighted by atomic mass is 19.4. The van der Waals surface area contributed by atoms with E-state index in [1.165, 1.54) is 25.1 Å². The molecule has 18 heavy (non-hydrogen) atoms. The third-order valence-electron chi connectivity index (χ3n) is 2.02. The molecule has 1 rings (SSSR count). The Labute approximate surface area is 101 Å². The highest BCUT2D eigenvalue weighted by molar-refractivity contribution is 5.80. The second-order valence-corrected chi connectivity index (χ2v) is 3.61. The number of carboxylic acids is 1. The molecule has 0 atom stereocenters. The zero-order valence-electron chi connectivity index (χ0n) is 9.49. The van der Waals surface area contributed by atoms with E-state index in [1.807, 2.05) is 0 Å². The van der Waals surface area contributed by atoms with Gasteiger partial charge in [-0.15, -0.1) is 0 Å². The Morgan fingerprint density at radius 2 is 2.00 bits per heavy atom. The molecule has 1 N–H and O–H groups in total. The molecule has 6 heteroatoms. The van der Waals surface area contributed by atoms with Gasteiger partial charge in [0, 0.05) is 6.08 Å². The third-order valence-corrected chi connectivity index (χ3v) is 2.02. The Balaban J connectivity index is 2.83. The summed E-state index contributed by atoms with van der Waals surface area (Å²) in [5.41, 5.74) is -0.562. The van der Waals surface area contributed by atoms with Crippen molar-refractivity contribution >= 4 is 5.97 Å². The van der Waals surface area contributed by atoms with Gasteiger partial charge >= 0.3 is 12.1 Å². The molecule has 3 nitrogen and oxygen atoms in total. The highest BCUT2D eigenvalue weighted by Gasteiger charge is 2.33. The van der Waals surface area contributed by atoms with E-state index >= 15 is 0 Å². The average Bonchev–Trinajstić information content (AvgIpc) is 2.24. The van der Waals surface area contributed by atoms with E-state index in [9.17, 15) is 18.0 Å². The number of rotatable bonds is 4. The number of aliphatic carboxylic acids is 1. The van der Waals surface area contributed by atoms with Crippen LogP contribution in [0.15, 0.2) is 35.9 Å². The van der Waals surface area contributed by atoms with Crippen LogP contribution in [0.1, 0.15) is 12.5 Å². The first-order chi connectivity index (χ1) is 8.30. The maximum atomic E-state index is 12.6. The van der Waals surface area contributed by atoms with Crippen LogP contribution in [0.25, 0.3) is 0 Å². The molecule has 0 aliphatic heterocycles. The molecule has 0 fully saturated rings. The maximum absolute atomic E-state index is 12.6. The molecule has 0 radical (unpaired) electrons. The summed E-state index contributed by atoms with van der Waals surface area (Å²) >= 11 is 0. The second kappa shape index (κ2) is 5.57. The number of halogens is 3. The normalized spacial score (nSPS) is 12.3. The lowest BCUT2D eigenvalue weighted by atomic mass is 10.2. The summed E-state index contributed by atoms with van der Waals surface area (Å²) in [6.45, 7) is 1.25. The average molecular weight is 260 g/mol. The molecule has 0 saturated carbocycles. The van der Waals surface area contributed by atoms with Crippen molar-refractivity contribution in [1.82, 2.24) is 0 Å². The van der Waals surface area contributed by atoms with Gasteiger partial charge in [-0.05, 0) is 24.6 Å². The van der Waals surface area contributed by atoms with E-state index in [1.54, 1.807) is 0 Å². The summed E-state index contributed by atoms with van der Waals surface area (Å²) in [5, 5.41) is 8.45. The summed E-state index contributed by atoms with van der Waals surface area (Å²) in [7, 11) is 0. The van der Waals surface area contributed by atoms with Crippen molar-refractivity contribution in [3.8, 4) is 5.75 Å². The second-order valence-electron chi connectivity index (χ2n) is 3.61. The van der Waals surface area contributed by atoms with Crippen molar-refractivity contribution in [2.75, 3.05) is 6.61 Å². The molecule has 0 aliphatic carbocycles. The van der Waals surface area contributed by atoms with Crippen molar-refractivity contribution in [2.45, 2.75) is 13.1 Å². The van der Waals surface area contributed by atoms with Gasteiger partial charge in [0.1, 0.15) is 12.4 Å². The van der Waals surface area contributed by atoms with Crippen LogP contribution in [0.2, 0.25) is 0 Å². The number of hydrogen-bond acceptors (Lipinski definition) is 2. The minimum absolute atomic E-state index is 0.209. The van der Waals surface area contributed by atoms with Crippen molar-refractivity contribution in [1.29, 1.82) is 0 Å². The van der Waals surface area contributed by atoms with Crippen LogP contribution in [-0.4, -0.2) is 17.7 Å². The van der Waals surface area contributed by atoms with E-state index < -0.39 is 17.7 Å². The van der Waals surface area contributed by atoms with Crippen molar-refractivity contribution in [2.24, 2.45) is 0 Å². The minimum Gasteiger partial charge on any atom is -0.489 e. The SMILES string of the molecule is CC(=CC(=O)O)COc1ccccc1C(F)(F)F. The number of ether oxygens (including phenoxy) is 1. The van der Waals surface area contributed by atoms with E-state index in [-0.39, 0.29) is 12.4 Å². The predicted molar refractivity (Wildman–Crippen MR) is 58.3 cm³/mol. The fourth-order valence-electron chi connectivity index (χ4n) is 1.27. The molecule has 1 aromatic rings. The van der Waals surface area contributed by atoms with Gasteiger partial charge in [-0.2, -0.15) is 13.2 Å². The number of alkyl halides is 3. The molecular formula is C12H11F3O3. The van der Waals surface area contributed by atoms with Crippen molar-refractivity contribution in [3.63, 3.8) is 0 Å². The van der Waals surface area contributed by atoms with Crippen LogP contribution >= 0.6 is 0 Å². The largest absolute Gasteiger partial charge is 0.489 e. The number of benzene rings is 1. The Hall–Kier alpha value is -1.98. The van der Waals surface area contributed by atoms with Gasteiger partial charge in [0.05, 0.1) is 5.56 Å². The summed E-state index contributed by atoms with van der Waals surface area (Å²) in [4.78, 5) is 10.3. The molecular weight excluding hydrogens is 249 g/mol. The van der Waals surface area contributed by atoms with Crippen LogP contribution in [0.3, 0.4) is 0 Å². The number of hydrogen-bond donors (Lipinski definition) is 1. The first kappa shape index (κ1) is 14.1. The summed E-state index contributed by atoms with van der Waals surface area (Å²) < 4.78 is 42.8. The molecule has 0 bridgehead atoms. The van der Waals surface area contributed by atoms with Crippen LogP contribution in [0.4, 0.5) is 13.2 Å². The van der Waals surface area contributed by atoms with Gasteiger partial charge in [0.15, 0.2) is 0 Å². The Kier molecular flexibility index (Phi) is 4.36. The van der Waals surface area contributed by atoms with Crippen molar-refractivity contribution < 1.29 is 27.8 Å². The van der Waals surface area contributed by atoms with Gasteiger partial charge in [-0.3, -0.25) is 0 Å². The number of para-hydroxylation sites is 1. The van der Waals surface area contributed by atoms with Gasteiger partial charge in [0.2, 0.25) is 0 Å². The van der Waals surface area contributed by atoms with Crippen LogP contribution in [-0.2, 0) is 11.0 Å². The number of carbonyl (C=O) groups is 1. The van der Waals surface area contributed by atoms with Gasteiger partial charge < -0.3 is 9.84 Å². The fourth-order valence-corrected chi connectivity index (χ4v) is 1.27. The molecule has 0 heterocycles. The molecule has 0 saturated heterocycles. The van der Waals surface area contributed by atoms with Gasteiger partial charge in [-0.1, -0.05) is 12.1 Å². The zero-order valence-corrected chi connectivity index (χ0v) is 9.49. The lowest BCUT2D eigenvalue weighted by molar-refractivity contribution is -0.139. The molecule has 0 aromatic heterocycles. The lowest BCUT2D eigenvalue weighted by Gasteiger charge is -2.13. The summed E-state index contributed by atoms with van der Waals surface area (Å²) in [6, 6.07) is 4.78. The van der Waals surface area contributed by atoms with E-state index in [0.29, 0.717) is 5.57 Å². The van der Waals surface area contributed by atoms with Gasteiger partial charge in [0.25, 0.3) is 0 Å². The molecule has 98 valence electrons. The smallest absolute Gasteiger partial charge is 0.419 e.